The maximum absolute atomic E-state index is 13.6. The van der Waals surface area contributed by atoms with Crippen molar-refractivity contribution < 1.29 is 35.6 Å². The smallest absolute Gasteiger partial charge is 0.350 e. The second-order valence-electron chi connectivity index (χ2n) is 9.34. The molecule has 0 saturated carbocycles. The summed E-state index contributed by atoms with van der Waals surface area (Å²) in [7, 11) is 2.10. The zero-order valence-electron chi connectivity index (χ0n) is 20.8. The number of nitrogens with one attached hydrogen (secondary N) is 3. The summed E-state index contributed by atoms with van der Waals surface area (Å²) in [6.07, 6.45) is -8.29. The van der Waals surface area contributed by atoms with E-state index in [-0.39, 0.29) is 28.9 Å². The van der Waals surface area contributed by atoms with Gasteiger partial charge in [-0.05, 0) is 12.1 Å². The number of nitrogens with zero attached hydrogens (tertiary/aromatic N) is 4. The predicted octanol–water partition coefficient (Wildman–Crippen LogP) is 4.55. The Balaban J connectivity index is 1.46. The van der Waals surface area contributed by atoms with Crippen molar-refractivity contribution in [3.63, 3.8) is 0 Å². The summed E-state index contributed by atoms with van der Waals surface area (Å²) in [6, 6.07) is 4.58. The van der Waals surface area contributed by atoms with Crippen molar-refractivity contribution in [2.45, 2.75) is 18.8 Å². The van der Waals surface area contributed by atoms with E-state index in [0.29, 0.717) is 12.6 Å². The van der Waals surface area contributed by atoms with E-state index >= 15 is 0 Å². The van der Waals surface area contributed by atoms with Crippen LogP contribution in [0.2, 0.25) is 0 Å². The third kappa shape index (κ3) is 7.42. The quantitative estimate of drug-likeness (QED) is 0.208. The fourth-order valence-electron chi connectivity index (χ4n) is 4.14. The Hall–Kier alpha value is -3.30. The first-order valence-corrected chi connectivity index (χ1v) is 12.9. The second kappa shape index (κ2) is 11.4. The van der Waals surface area contributed by atoms with Crippen molar-refractivity contribution in [2.24, 2.45) is 0 Å². The predicted molar refractivity (Wildman–Crippen MR) is 133 cm³/mol. The molecule has 1 aliphatic heterocycles. The molecule has 0 spiro atoms. The van der Waals surface area contributed by atoms with Gasteiger partial charge in [-0.25, -0.2) is 15.0 Å². The van der Waals surface area contributed by atoms with Crippen molar-refractivity contribution in [1.82, 2.24) is 25.6 Å². The van der Waals surface area contributed by atoms with E-state index in [1.807, 2.05) is 0 Å². The second-order valence-corrected chi connectivity index (χ2v) is 10.2. The zero-order valence-corrected chi connectivity index (χ0v) is 21.6. The van der Waals surface area contributed by atoms with E-state index in [1.165, 1.54) is 17.5 Å². The minimum absolute atomic E-state index is 0.126. The van der Waals surface area contributed by atoms with Crippen LogP contribution in [0.25, 0.3) is 11.3 Å². The number of alkyl halides is 6. The Labute approximate surface area is 224 Å². The average molecular weight is 575 g/mol. The molecule has 1 aliphatic rings. The highest BCUT2D eigenvalue weighted by Gasteiger charge is 2.37. The molecule has 4 rings (SSSR count). The van der Waals surface area contributed by atoms with E-state index < -0.39 is 35.1 Å². The largest absolute Gasteiger partial charge is 0.420 e. The SMILES string of the molecule is C[N+]1(CCCNC(=O)c2nc(Nc3nc(-c4cccc(C(F)(F)F)c4)cs3)ncc2C(F)(F)F)CCNCC1. The number of aromatic nitrogens is 3. The number of benzene rings is 1. The van der Waals surface area contributed by atoms with Crippen molar-refractivity contribution >= 4 is 28.3 Å². The maximum atomic E-state index is 13.6. The normalized spacial score (nSPS) is 15.7. The fourth-order valence-corrected chi connectivity index (χ4v) is 4.85. The molecule has 0 radical (unpaired) electrons. The van der Waals surface area contributed by atoms with Gasteiger partial charge in [-0.3, -0.25) is 4.79 Å². The molecule has 1 fully saturated rings. The topological polar surface area (TPSA) is 91.8 Å². The van der Waals surface area contributed by atoms with E-state index in [2.05, 4.69) is 37.9 Å². The minimum Gasteiger partial charge on any atom is -0.350 e. The average Bonchev–Trinajstić information content (AvgIpc) is 3.34. The summed E-state index contributed by atoms with van der Waals surface area (Å²) in [5.41, 5.74) is -2.53. The zero-order chi connectivity index (χ0) is 28.3. The third-order valence-corrected chi connectivity index (χ3v) is 7.09. The highest BCUT2D eigenvalue weighted by Crippen LogP contribution is 2.34. The molecule has 210 valence electrons. The molecule has 0 bridgehead atoms. The third-order valence-electron chi connectivity index (χ3n) is 6.33. The summed E-state index contributed by atoms with van der Waals surface area (Å²) in [5.74, 6) is -1.29. The molecule has 0 atom stereocenters. The molecule has 8 nitrogen and oxygen atoms in total. The molecule has 3 aromatic rings. The highest BCUT2D eigenvalue weighted by molar-refractivity contribution is 7.14. The van der Waals surface area contributed by atoms with Gasteiger partial charge in [0.05, 0.1) is 37.9 Å². The summed E-state index contributed by atoms with van der Waals surface area (Å²) < 4.78 is 80.6. The first-order chi connectivity index (χ1) is 18.3. The van der Waals surface area contributed by atoms with Crippen molar-refractivity contribution in [3.05, 3.63) is 52.7 Å². The lowest BCUT2D eigenvalue weighted by molar-refractivity contribution is -0.911. The summed E-state index contributed by atoms with van der Waals surface area (Å²) >= 11 is 0.994. The van der Waals surface area contributed by atoms with E-state index in [1.54, 1.807) is 0 Å². The number of carbonyl (C=O) groups excluding carboxylic acids is 1. The van der Waals surface area contributed by atoms with E-state index in [0.717, 1.165) is 60.7 Å². The van der Waals surface area contributed by atoms with E-state index in [9.17, 15) is 31.1 Å². The molecule has 1 saturated heterocycles. The van der Waals surface area contributed by atoms with Crippen LogP contribution in [0.1, 0.15) is 28.0 Å². The lowest BCUT2D eigenvalue weighted by Crippen LogP contribution is -2.56. The Kier molecular flexibility index (Phi) is 8.42. The number of halogens is 6. The standard InChI is InChI=1S/C24H25F6N7OS/c1-37(10-7-31-8-11-37)9-3-6-32-20(38)19-17(24(28,29)30)13-33-21(35-19)36-22-34-18(14-39-22)15-4-2-5-16(12-15)23(25,26)27/h2,4-5,12-14,31H,3,6-11H2,1H3,(H-,32,33,34,35,36,38)/p+1. The molecular weight excluding hydrogens is 548 g/mol. The molecule has 0 aliphatic carbocycles. The van der Waals surface area contributed by atoms with Gasteiger partial charge >= 0.3 is 12.4 Å². The number of piperazine rings is 1. The Bertz CT molecular complexity index is 1300. The molecule has 1 aromatic carbocycles. The Morgan fingerprint density at radius 2 is 1.85 bits per heavy atom. The van der Waals surface area contributed by atoms with Crippen LogP contribution in [0.3, 0.4) is 0 Å². The van der Waals surface area contributed by atoms with Gasteiger partial charge < -0.3 is 20.4 Å². The van der Waals surface area contributed by atoms with Gasteiger partial charge in [-0.2, -0.15) is 26.3 Å². The molecule has 3 heterocycles. The van der Waals surface area contributed by atoms with Crippen LogP contribution in [0.4, 0.5) is 37.4 Å². The number of amides is 1. The summed E-state index contributed by atoms with van der Waals surface area (Å²) in [6.45, 7) is 4.57. The monoisotopic (exact) mass is 574 g/mol. The number of likely N-dealkylation sites (N-methyl/N-ethyl adjacent to an activating group) is 1. The number of rotatable bonds is 8. The molecule has 2 aromatic heterocycles. The Morgan fingerprint density at radius 1 is 1.10 bits per heavy atom. The van der Waals surface area contributed by atoms with Gasteiger partial charge in [0.15, 0.2) is 5.13 Å². The number of thiazole rings is 1. The first kappa shape index (κ1) is 28.7. The van der Waals surface area contributed by atoms with Crippen molar-refractivity contribution in [1.29, 1.82) is 0 Å². The van der Waals surface area contributed by atoms with Gasteiger partial charge in [-0.1, -0.05) is 12.1 Å². The van der Waals surface area contributed by atoms with Gasteiger partial charge in [0.2, 0.25) is 5.95 Å². The molecular formula is C24H26F6N7OS+. The summed E-state index contributed by atoms with van der Waals surface area (Å²) in [5, 5.41) is 10.0. The van der Waals surface area contributed by atoms with Crippen LogP contribution in [0.5, 0.6) is 0 Å². The van der Waals surface area contributed by atoms with E-state index in [4.69, 9.17) is 0 Å². The minimum atomic E-state index is -4.86. The lowest BCUT2D eigenvalue weighted by atomic mass is 10.1. The van der Waals surface area contributed by atoms with Gasteiger partial charge in [-0.15, -0.1) is 11.3 Å². The molecule has 0 unspecified atom stereocenters. The van der Waals surface area contributed by atoms with Crippen molar-refractivity contribution in [2.75, 3.05) is 51.6 Å². The van der Waals surface area contributed by atoms with Crippen LogP contribution in [-0.2, 0) is 12.4 Å². The molecule has 1 amide bonds. The number of anilines is 2. The summed E-state index contributed by atoms with van der Waals surface area (Å²) in [4.78, 5) is 24.4. The van der Waals surface area contributed by atoms with Gasteiger partial charge in [0.1, 0.15) is 11.3 Å². The first-order valence-electron chi connectivity index (χ1n) is 12.0. The highest BCUT2D eigenvalue weighted by atomic mass is 32.1. The lowest BCUT2D eigenvalue weighted by Gasteiger charge is -2.38. The van der Waals surface area contributed by atoms with Gasteiger partial charge in [0, 0.05) is 43.2 Å². The maximum Gasteiger partial charge on any atom is 0.420 e. The van der Waals surface area contributed by atoms with Gasteiger partial charge in [0.25, 0.3) is 5.91 Å². The van der Waals surface area contributed by atoms with Crippen LogP contribution >= 0.6 is 11.3 Å². The van der Waals surface area contributed by atoms with Crippen LogP contribution < -0.4 is 16.0 Å². The van der Waals surface area contributed by atoms with Crippen LogP contribution in [-0.4, -0.2) is 71.7 Å². The fraction of sp³-hybridized carbons (Fsp3) is 0.417. The molecule has 3 N–H and O–H groups in total. The molecule has 39 heavy (non-hydrogen) atoms. The number of carbonyl (C=O) groups is 1. The number of hydrogen-bond donors (Lipinski definition) is 3. The van der Waals surface area contributed by atoms with Crippen LogP contribution in [0.15, 0.2) is 35.8 Å². The Morgan fingerprint density at radius 3 is 2.54 bits per heavy atom. The molecule has 15 heteroatoms. The van der Waals surface area contributed by atoms with Crippen LogP contribution in [0, 0.1) is 0 Å². The van der Waals surface area contributed by atoms with Crippen molar-refractivity contribution in [3.8, 4) is 11.3 Å². The number of hydrogen-bond acceptors (Lipinski definition) is 7. The number of quaternary nitrogens is 1.